The zero-order chi connectivity index (χ0) is 22.2. The monoisotopic (exact) mass is 660 g/mol. The number of rotatable bonds is 8. The number of hydrogen-bond donors (Lipinski definition) is 1. The first kappa shape index (κ1) is 23.8. The molecule has 0 radical (unpaired) electrons. The summed E-state index contributed by atoms with van der Waals surface area (Å²) in [6.45, 7) is 2.88. The normalized spacial score (nSPS) is 10.8. The minimum atomic E-state index is -0.289. The minimum absolute atomic E-state index is 0.289. The van der Waals surface area contributed by atoms with Crippen LogP contribution in [0.2, 0.25) is 5.02 Å². The standard InChI is InChI=1S/C23H19ClI2N2O3/c1-2-30-18-9-7-16(8-10-18)23(29)28-27-13-15-11-20(25)22(21(26)12-15)31-14-17-5-3-4-6-19(17)24/h3-13H,2,14H2,1H3,(H,28,29)/b27-13-. The average molecular weight is 661 g/mol. The first-order valence-corrected chi connectivity index (χ1v) is 11.9. The van der Waals surface area contributed by atoms with Crippen molar-refractivity contribution in [1.82, 2.24) is 5.43 Å². The summed E-state index contributed by atoms with van der Waals surface area (Å²) >= 11 is 10.6. The Morgan fingerprint density at radius 3 is 2.39 bits per heavy atom. The highest BCUT2D eigenvalue weighted by molar-refractivity contribution is 14.1. The number of halogens is 3. The van der Waals surface area contributed by atoms with Crippen LogP contribution in [0.15, 0.2) is 65.8 Å². The van der Waals surface area contributed by atoms with Gasteiger partial charge < -0.3 is 9.47 Å². The van der Waals surface area contributed by atoms with Gasteiger partial charge in [-0.3, -0.25) is 4.79 Å². The summed E-state index contributed by atoms with van der Waals surface area (Å²) in [7, 11) is 0. The Balaban J connectivity index is 1.62. The molecule has 1 amide bonds. The van der Waals surface area contributed by atoms with Gasteiger partial charge in [0.2, 0.25) is 0 Å². The second-order valence-electron chi connectivity index (χ2n) is 6.35. The van der Waals surface area contributed by atoms with Crippen LogP contribution in [0.3, 0.4) is 0 Å². The molecule has 5 nitrogen and oxygen atoms in total. The Morgan fingerprint density at radius 1 is 1.06 bits per heavy atom. The number of benzene rings is 3. The van der Waals surface area contributed by atoms with E-state index in [1.165, 1.54) is 0 Å². The van der Waals surface area contributed by atoms with Crippen molar-refractivity contribution in [3.63, 3.8) is 0 Å². The van der Waals surface area contributed by atoms with E-state index in [1.807, 2.05) is 43.3 Å². The molecule has 0 unspecified atom stereocenters. The van der Waals surface area contributed by atoms with Crippen LogP contribution in [0.4, 0.5) is 0 Å². The van der Waals surface area contributed by atoms with Gasteiger partial charge in [-0.1, -0.05) is 29.8 Å². The number of carbonyl (C=O) groups is 1. The van der Waals surface area contributed by atoms with Crippen molar-refractivity contribution in [2.75, 3.05) is 6.61 Å². The molecule has 0 aliphatic carbocycles. The fourth-order valence-corrected chi connectivity index (χ4v) is 4.97. The number of nitrogens with one attached hydrogen (secondary N) is 1. The number of ether oxygens (including phenoxy) is 2. The van der Waals surface area contributed by atoms with E-state index in [-0.39, 0.29) is 5.91 Å². The van der Waals surface area contributed by atoms with Crippen LogP contribution in [0.5, 0.6) is 11.5 Å². The summed E-state index contributed by atoms with van der Waals surface area (Å²) in [5.74, 6) is 1.23. The van der Waals surface area contributed by atoms with Crippen molar-refractivity contribution in [2.45, 2.75) is 13.5 Å². The van der Waals surface area contributed by atoms with Crippen LogP contribution in [-0.2, 0) is 6.61 Å². The van der Waals surface area contributed by atoms with Crippen molar-refractivity contribution in [2.24, 2.45) is 5.10 Å². The van der Waals surface area contributed by atoms with Crippen LogP contribution < -0.4 is 14.9 Å². The summed E-state index contributed by atoms with van der Waals surface area (Å²) < 4.78 is 13.3. The second kappa shape index (κ2) is 11.7. The highest BCUT2D eigenvalue weighted by atomic mass is 127. The predicted molar refractivity (Wildman–Crippen MR) is 140 cm³/mol. The van der Waals surface area contributed by atoms with Gasteiger partial charge in [-0.05, 0) is 100 Å². The molecule has 160 valence electrons. The summed E-state index contributed by atoms with van der Waals surface area (Å²) in [6.07, 6.45) is 1.61. The van der Waals surface area contributed by atoms with Crippen molar-refractivity contribution in [1.29, 1.82) is 0 Å². The van der Waals surface area contributed by atoms with Gasteiger partial charge in [0.25, 0.3) is 5.91 Å². The summed E-state index contributed by atoms with van der Waals surface area (Å²) in [5.41, 5.74) is 4.83. The molecular weight excluding hydrogens is 642 g/mol. The molecule has 0 spiro atoms. The topological polar surface area (TPSA) is 59.9 Å². The molecule has 31 heavy (non-hydrogen) atoms. The second-order valence-corrected chi connectivity index (χ2v) is 9.08. The van der Waals surface area contributed by atoms with Gasteiger partial charge in [0, 0.05) is 16.1 Å². The van der Waals surface area contributed by atoms with Crippen LogP contribution in [0.25, 0.3) is 0 Å². The fourth-order valence-electron chi connectivity index (χ4n) is 2.66. The smallest absolute Gasteiger partial charge is 0.271 e. The number of carbonyl (C=O) groups excluding carboxylic acids is 1. The van der Waals surface area contributed by atoms with Gasteiger partial charge in [-0.2, -0.15) is 5.10 Å². The maximum atomic E-state index is 12.2. The van der Waals surface area contributed by atoms with Gasteiger partial charge in [0.05, 0.1) is 20.0 Å². The molecule has 1 N–H and O–H groups in total. The Morgan fingerprint density at radius 2 is 1.74 bits per heavy atom. The largest absolute Gasteiger partial charge is 0.494 e. The van der Waals surface area contributed by atoms with Gasteiger partial charge in [-0.25, -0.2) is 5.43 Å². The van der Waals surface area contributed by atoms with E-state index in [0.29, 0.717) is 23.8 Å². The molecule has 0 bridgehead atoms. The molecule has 0 fully saturated rings. The fraction of sp³-hybridized carbons (Fsp3) is 0.130. The summed E-state index contributed by atoms with van der Waals surface area (Å²) in [5, 5.41) is 4.75. The lowest BCUT2D eigenvalue weighted by Crippen LogP contribution is -2.17. The third kappa shape index (κ3) is 6.81. The quantitative estimate of drug-likeness (QED) is 0.176. The SMILES string of the molecule is CCOc1ccc(C(=O)N/N=C\c2cc(I)c(OCc3ccccc3Cl)c(I)c2)cc1. The molecule has 0 aromatic heterocycles. The Bertz CT molecular complexity index is 1070. The molecule has 0 saturated carbocycles. The Labute approximate surface area is 213 Å². The minimum Gasteiger partial charge on any atom is -0.494 e. The van der Waals surface area contributed by atoms with Crippen LogP contribution in [0, 0.1) is 7.14 Å². The first-order chi connectivity index (χ1) is 15.0. The van der Waals surface area contributed by atoms with Gasteiger partial charge in [0.15, 0.2) is 0 Å². The zero-order valence-electron chi connectivity index (χ0n) is 16.6. The molecule has 3 aromatic carbocycles. The molecule has 0 aliphatic rings. The van der Waals surface area contributed by atoms with Gasteiger partial charge in [-0.15, -0.1) is 0 Å². The van der Waals surface area contributed by atoms with Crippen molar-refractivity contribution in [3.05, 3.63) is 89.5 Å². The Kier molecular flexibility index (Phi) is 8.97. The third-order valence-corrected chi connectivity index (χ3v) is 6.13. The van der Waals surface area contributed by atoms with Crippen molar-refractivity contribution < 1.29 is 14.3 Å². The average Bonchev–Trinajstić information content (AvgIpc) is 2.75. The molecule has 0 heterocycles. The maximum Gasteiger partial charge on any atom is 0.271 e. The van der Waals surface area contributed by atoms with E-state index < -0.39 is 0 Å². The van der Waals surface area contributed by atoms with Gasteiger partial charge >= 0.3 is 0 Å². The molecular formula is C23H19ClI2N2O3. The molecule has 8 heteroatoms. The van der Waals surface area contributed by atoms with E-state index in [4.69, 9.17) is 21.1 Å². The number of hydrogen-bond acceptors (Lipinski definition) is 4. The number of nitrogens with zero attached hydrogens (tertiary/aromatic N) is 1. The van der Waals surface area contributed by atoms with Crippen LogP contribution in [-0.4, -0.2) is 18.7 Å². The number of amides is 1. The van der Waals surface area contributed by atoms with E-state index >= 15 is 0 Å². The first-order valence-electron chi connectivity index (χ1n) is 9.39. The Hall–Kier alpha value is -1.85. The summed E-state index contributed by atoms with van der Waals surface area (Å²) in [6, 6.07) is 18.4. The predicted octanol–water partition coefficient (Wildman–Crippen LogP) is 6.29. The number of hydrazone groups is 1. The lowest BCUT2D eigenvalue weighted by atomic mass is 10.2. The van der Waals surface area contributed by atoms with E-state index in [2.05, 4.69) is 55.7 Å². The van der Waals surface area contributed by atoms with Crippen molar-refractivity contribution >= 4 is 68.9 Å². The van der Waals surface area contributed by atoms with E-state index in [0.717, 1.165) is 29.8 Å². The van der Waals surface area contributed by atoms with E-state index in [1.54, 1.807) is 30.5 Å². The third-order valence-electron chi connectivity index (χ3n) is 4.16. The molecule has 3 rings (SSSR count). The zero-order valence-corrected chi connectivity index (χ0v) is 21.6. The maximum absolute atomic E-state index is 12.2. The van der Waals surface area contributed by atoms with Crippen LogP contribution in [0.1, 0.15) is 28.4 Å². The molecule has 0 saturated heterocycles. The highest BCUT2D eigenvalue weighted by Crippen LogP contribution is 2.30. The summed E-state index contributed by atoms with van der Waals surface area (Å²) in [4.78, 5) is 12.2. The molecule has 0 atom stereocenters. The molecule has 0 aliphatic heterocycles. The lowest BCUT2D eigenvalue weighted by molar-refractivity contribution is 0.0955. The van der Waals surface area contributed by atoms with Gasteiger partial charge in [0.1, 0.15) is 18.1 Å². The lowest BCUT2D eigenvalue weighted by Gasteiger charge is -2.12. The highest BCUT2D eigenvalue weighted by Gasteiger charge is 2.10. The van der Waals surface area contributed by atoms with Crippen LogP contribution >= 0.6 is 56.8 Å². The van der Waals surface area contributed by atoms with Crippen molar-refractivity contribution in [3.8, 4) is 11.5 Å². The van der Waals surface area contributed by atoms with E-state index in [9.17, 15) is 4.79 Å². The molecule has 3 aromatic rings.